The smallest absolute Gasteiger partial charge is 0.243 e. The van der Waals surface area contributed by atoms with Crippen molar-refractivity contribution >= 4 is 12.2 Å². The van der Waals surface area contributed by atoms with E-state index in [-0.39, 0.29) is 5.82 Å². The molecule has 0 amide bonds. The maximum Gasteiger partial charge on any atom is 0.243 e. The summed E-state index contributed by atoms with van der Waals surface area (Å²) in [4.78, 5) is 17.6. The fourth-order valence-electron chi connectivity index (χ4n) is 2.79. The number of aromatic nitrogens is 3. The van der Waals surface area contributed by atoms with Gasteiger partial charge in [-0.25, -0.2) is 15.0 Å². The van der Waals surface area contributed by atoms with Crippen LogP contribution in [-0.2, 0) is 5.66 Å². The van der Waals surface area contributed by atoms with Crippen LogP contribution in [0.25, 0.3) is 11.3 Å². The molecule has 0 saturated heterocycles. The number of hydrogen-bond acceptors (Lipinski definition) is 7. The third kappa shape index (κ3) is 2.55. The van der Waals surface area contributed by atoms with Crippen LogP contribution in [0.1, 0.15) is 16.8 Å². The largest absolute Gasteiger partial charge is 0.382 e. The van der Waals surface area contributed by atoms with Gasteiger partial charge in [-0.15, -0.1) is 10.2 Å². The summed E-state index contributed by atoms with van der Waals surface area (Å²) in [6, 6.07) is 11.6. The lowest BCUT2D eigenvalue weighted by Gasteiger charge is -2.23. The third-order valence-electron chi connectivity index (χ3n) is 4.01. The Hall–Kier alpha value is -3.48. The Morgan fingerprint density at radius 2 is 2.00 bits per heavy atom. The third-order valence-corrected chi connectivity index (χ3v) is 4.01. The molecule has 122 valence electrons. The molecular weight excluding hydrogens is 314 g/mol. The molecule has 0 fully saturated rings. The minimum atomic E-state index is -1.11. The quantitative estimate of drug-likeness (QED) is 0.797. The van der Waals surface area contributed by atoms with Gasteiger partial charge in [-0.1, -0.05) is 29.8 Å². The lowest BCUT2D eigenvalue weighted by Crippen LogP contribution is -2.25. The van der Waals surface area contributed by atoms with Crippen molar-refractivity contribution in [3.05, 3.63) is 71.8 Å². The first-order valence-corrected chi connectivity index (χ1v) is 7.75. The number of rotatable bonds is 3. The van der Waals surface area contributed by atoms with Crippen LogP contribution in [0.15, 0.2) is 70.2 Å². The van der Waals surface area contributed by atoms with E-state index in [4.69, 9.17) is 10.7 Å². The van der Waals surface area contributed by atoms with Gasteiger partial charge in [0.05, 0.1) is 11.9 Å². The van der Waals surface area contributed by atoms with Crippen LogP contribution in [0.2, 0.25) is 0 Å². The number of nitrogen functional groups attached to an aromatic ring is 1. The van der Waals surface area contributed by atoms with E-state index < -0.39 is 5.66 Å². The van der Waals surface area contributed by atoms with E-state index in [0.29, 0.717) is 11.4 Å². The Balaban J connectivity index is 1.92. The highest BCUT2D eigenvalue weighted by molar-refractivity contribution is 5.64. The van der Waals surface area contributed by atoms with Gasteiger partial charge in [0, 0.05) is 23.5 Å². The summed E-state index contributed by atoms with van der Waals surface area (Å²) in [5.41, 5.74) is 8.91. The van der Waals surface area contributed by atoms with Gasteiger partial charge in [0.2, 0.25) is 5.66 Å². The highest BCUT2D eigenvalue weighted by Crippen LogP contribution is 2.39. The van der Waals surface area contributed by atoms with Gasteiger partial charge in [0.25, 0.3) is 0 Å². The maximum absolute atomic E-state index is 6.14. The average Bonchev–Trinajstić information content (AvgIpc) is 3.14. The number of azo groups is 1. The van der Waals surface area contributed by atoms with Crippen LogP contribution in [0, 0.1) is 6.92 Å². The average molecular weight is 329 g/mol. The Morgan fingerprint density at radius 3 is 2.72 bits per heavy atom. The SMILES string of the molecule is Cc1cccc(C2(c3nc(-c4cccnc4)cnc3N)N=CN=N2)c1. The summed E-state index contributed by atoms with van der Waals surface area (Å²) < 4.78 is 0. The van der Waals surface area contributed by atoms with E-state index in [2.05, 4.69) is 25.2 Å². The van der Waals surface area contributed by atoms with Gasteiger partial charge in [-0.2, -0.15) is 0 Å². The summed E-state index contributed by atoms with van der Waals surface area (Å²) >= 11 is 0. The van der Waals surface area contributed by atoms with Crippen molar-refractivity contribution in [1.29, 1.82) is 0 Å². The van der Waals surface area contributed by atoms with Gasteiger partial charge in [0.1, 0.15) is 17.9 Å². The fourth-order valence-corrected chi connectivity index (χ4v) is 2.79. The molecule has 1 aliphatic heterocycles. The van der Waals surface area contributed by atoms with Gasteiger partial charge in [0.15, 0.2) is 0 Å². The van der Waals surface area contributed by atoms with Crippen LogP contribution in [0.5, 0.6) is 0 Å². The molecule has 0 aliphatic carbocycles. The van der Waals surface area contributed by atoms with E-state index >= 15 is 0 Å². The highest BCUT2D eigenvalue weighted by Gasteiger charge is 2.40. The Bertz CT molecular complexity index is 968. The monoisotopic (exact) mass is 329 g/mol. The second kappa shape index (κ2) is 5.86. The summed E-state index contributed by atoms with van der Waals surface area (Å²) in [5, 5.41) is 8.31. The second-order valence-corrected chi connectivity index (χ2v) is 5.73. The zero-order chi connectivity index (χ0) is 17.3. The molecule has 2 aromatic heterocycles. The number of hydrogen-bond donors (Lipinski definition) is 1. The number of nitrogens with zero attached hydrogens (tertiary/aromatic N) is 6. The zero-order valence-electron chi connectivity index (χ0n) is 13.5. The van der Waals surface area contributed by atoms with Crippen LogP contribution in [-0.4, -0.2) is 21.3 Å². The lowest BCUT2D eigenvalue weighted by molar-refractivity contribution is 0.553. The minimum absolute atomic E-state index is 0.271. The van der Waals surface area contributed by atoms with Crippen LogP contribution < -0.4 is 5.73 Å². The molecule has 1 aromatic carbocycles. The van der Waals surface area contributed by atoms with Crippen molar-refractivity contribution in [1.82, 2.24) is 15.0 Å². The number of aryl methyl sites for hydroxylation is 1. The molecule has 1 aliphatic rings. The molecule has 0 spiro atoms. The molecule has 1 atom stereocenters. The maximum atomic E-state index is 6.14. The van der Waals surface area contributed by atoms with Gasteiger partial charge in [-0.3, -0.25) is 4.98 Å². The first-order valence-electron chi connectivity index (χ1n) is 7.75. The van der Waals surface area contributed by atoms with Gasteiger partial charge < -0.3 is 5.73 Å². The first-order chi connectivity index (χ1) is 12.2. The zero-order valence-corrected chi connectivity index (χ0v) is 13.5. The standard InChI is InChI=1S/C18H15N7/c1-12-4-2-6-14(8-12)18(22-11-23-25-18)16-17(19)21-10-15(24-16)13-5-3-7-20-9-13/h2-11H,1H3,(H2,19,21). The van der Waals surface area contributed by atoms with E-state index in [9.17, 15) is 0 Å². The molecule has 3 aromatic rings. The van der Waals surface area contributed by atoms with E-state index in [1.165, 1.54) is 6.34 Å². The summed E-state index contributed by atoms with van der Waals surface area (Å²) in [7, 11) is 0. The van der Waals surface area contributed by atoms with Crippen LogP contribution in [0.4, 0.5) is 5.82 Å². The van der Waals surface area contributed by atoms with Crippen molar-refractivity contribution in [3.8, 4) is 11.3 Å². The predicted octanol–water partition coefficient (Wildman–Crippen LogP) is 3.12. The van der Waals surface area contributed by atoms with E-state index in [0.717, 1.165) is 16.7 Å². The second-order valence-electron chi connectivity index (χ2n) is 5.73. The summed E-state index contributed by atoms with van der Waals surface area (Å²) in [6.07, 6.45) is 6.47. The fraction of sp³-hybridized carbons (Fsp3) is 0.111. The van der Waals surface area contributed by atoms with Crippen molar-refractivity contribution < 1.29 is 0 Å². The van der Waals surface area contributed by atoms with Crippen molar-refractivity contribution in [3.63, 3.8) is 0 Å². The molecule has 3 heterocycles. The summed E-state index contributed by atoms with van der Waals surface area (Å²) in [6.45, 7) is 2.01. The number of anilines is 1. The Morgan fingerprint density at radius 1 is 1.08 bits per heavy atom. The normalized spacial score (nSPS) is 18.6. The van der Waals surface area contributed by atoms with Crippen molar-refractivity contribution in [2.24, 2.45) is 15.2 Å². The van der Waals surface area contributed by atoms with Crippen LogP contribution >= 0.6 is 0 Å². The number of pyridine rings is 1. The Labute approximate surface area is 144 Å². The molecule has 0 radical (unpaired) electrons. The molecule has 25 heavy (non-hydrogen) atoms. The molecule has 0 saturated carbocycles. The predicted molar refractivity (Wildman–Crippen MR) is 95.0 cm³/mol. The van der Waals surface area contributed by atoms with Gasteiger partial charge >= 0.3 is 0 Å². The number of benzene rings is 1. The Kier molecular flexibility index (Phi) is 3.53. The molecule has 0 bridgehead atoms. The number of aliphatic imine (C=N–C) groups is 1. The first kappa shape index (κ1) is 15.1. The number of nitrogens with two attached hydrogens (primary N) is 1. The molecule has 4 rings (SSSR count). The highest BCUT2D eigenvalue weighted by atomic mass is 15.3. The van der Waals surface area contributed by atoms with E-state index in [1.807, 2.05) is 43.3 Å². The molecular formula is C18H15N7. The van der Waals surface area contributed by atoms with E-state index in [1.54, 1.807) is 18.6 Å². The lowest BCUT2D eigenvalue weighted by atomic mass is 9.95. The molecule has 7 heteroatoms. The molecule has 7 nitrogen and oxygen atoms in total. The van der Waals surface area contributed by atoms with Crippen LogP contribution in [0.3, 0.4) is 0 Å². The topological polar surface area (TPSA) is 102 Å². The van der Waals surface area contributed by atoms with Crippen molar-refractivity contribution in [2.75, 3.05) is 5.73 Å². The molecule has 1 unspecified atom stereocenters. The minimum Gasteiger partial charge on any atom is -0.382 e. The van der Waals surface area contributed by atoms with Gasteiger partial charge in [-0.05, 0) is 19.1 Å². The summed E-state index contributed by atoms with van der Waals surface area (Å²) in [5.74, 6) is 0.271. The molecule has 2 N–H and O–H groups in total. The van der Waals surface area contributed by atoms with Crippen molar-refractivity contribution in [2.45, 2.75) is 12.6 Å².